The molecule has 1 aromatic rings. The normalized spacial score (nSPS) is 20.6. The van der Waals surface area contributed by atoms with Crippen LogP contribution in [0.15, 0.2) is 12.1 Å². The third-order valence-corrected chi connectivity index (χ3v) is 3.05. The van der Waals surface area contributed by atoms with E-state index in [2.05, 4.69) is 0 Å². The Hall–Kier alpha value is -0.970. The Kier molecular flexibility index (Phi) is 2.97. The maximum atomic E-state index is 11.7. The SMILES string of the molecule is Nc1c(Cl)cc(Cl)cc1N1CC(N)CC1=O. The molecule has 4 nitrogen and oxygen atoms in total. The molecule has 1 unspecified atom stereocenters. The number of anilines is 2. The van der Waals surface area contributed by atoms with E-state index < -0.39 is 0 Å². The minimum absolute atomic E-state index is 0.0578. The number of carbonyl (C=O) groups is 1. The lowest BCUT2D eigenvalue weighted by molar-refractivity contribution is -0.117. The zero-order valence-electron chi connectivity index (χ0n) is 8.41. The van der Waals surface area contributed by atoms with Crippen molar-refractivity contribution in [3.05, 3.63) is 22.2 Å². The number of hydrogen-bond donors (Lipinski definition) is 2. The third kappa shape index (κ3) is 1.96. The van der Waals surface area contributed by atoms with Crippen molar-refractivity contribution in [2.24, 2.45) is 5.73 Å². The Labute approximate surface area is 103 Å². The zero-order valence-corrected chi connectivity index (χ0v) is 9.92. The molecule has 0 aliphatic carbocycles. The van der Waals surface area contributed by atoms with Gasteiger partial charge in [0.15, 0.2) is 0 Å². The fourth-order valence-corrected chi connectivity index (χ4v) is 2.25. The van der Waals surface area contributed by atoms with Gasteiger partial charge >= 0.3 is 0 Å². The second-order valence-corrected chi connectivity index (χ2v) is 4.63. The molecule has 0 bridgehead atoms. The van der Waals surface area contributed by atoms with Gasteiger partial charge in [-0.3, -0.25) is 4.79 Å². The topological polar surface area (TPSA) is 72.3 Å². The number of nitrogen functional groups attached to an aromatic ring is 1. The Bertz CT molecular complexity index is 450. The van der Waals surface area contributed by atoms with E-state index in [0.29, 0.717) is 34.4 Å². The van der Waals surface area contributed by atoms with Crippen LogP contribution in [0.1, 0.15) is 6.42 Å². The van der Waals surface area contributed by atoms with Gasteiger partial charge in [-0.2, -0.15) is 0 Å². The van der Waals surface area contributed by atoms with Crippen LogP contribution in [-0.2, 0) is 4.79 Å². The highest BCUT2D eigenvalue weighted by Crippen LogP contribution is 2.35. The summed E-state index contributed by atoms with van der Waals surface area (Å²) in [5.74, 6) is -0.0578. The van der Waals surface area contributed by atoms with E-state index in [0.717, 1.165) is 0 Å². The highest BCUT2D eigenvalue weighted by atomic mass is 35.5. The van der Waals surface area contributed by atoms with Crippen LogP contribution in [0.25, 0.3) is 0 Å². The van der Waals surface area contributed by atoms with Crippen molar-refractivity contribution in [3.8, 4) is 0 Å². The molecule has 6 heteroatoms. The first kappa shape index (κ1) is 11.5. The minimum Gasteiger partial charge on any atom is -0.396 e. The number of nitrogens with two attached hydrogens (primary N) is 2. The maximum absolute atomic E-state index is 11.7. The third-order valence-electron chi connectivity index (χ3n) is 2.52. The fourth-order valence-electron chi connectivity index (χ4n) is 1.76. The summed E-state index contributed by atoms with van der Waals surface area (Å²) < 4.78 is 0. The Balaban J connectivity index is 2.44. The van der Waals surface area contributed by atoms with E-state index >= 15 is 0 Å². The highest BCUT2D eigenvalue weighted by molar-refractivity contribution is 6.37. The van der Waals surface area contributed by atoms with Crippen molar-refractivity contribution < 1.29 is 4.79 Å². The summed E-state index contributed by atoms with van der Waals surface area (Å²) >= 11 is 11.8. The summed E-state index contributed by atoms with van der Waals surface area (Å²) in [5, 5.41) is 0.790. The number of benzene rings is 1. The van der Waals surface area contributed by atoms with Gasteiger partial charge in [-0.15, -0.1) is 0 Å². The molecule has 1 amide bonds. The van der Waals surface area contributed by atoms with Crippen LogP contribution in [-0.4, -0.2) is 18.5 Å². The number of amides is 1. The van der Waals surface area contributed by atoms with Gasteiger partial charge in [0.05, 0.1) is 16.4 Å². The first-order chi connectivity index (χ1) is 7.49. The molecule has 1 aromatic carbocycles. The van der Waals surface area contributed by atoms with Crippen LogP contribution in [0, 0.1) is 0 Å². The summed E-state index contributed by atoms with van der Waals surface area (Å²) in [5.41, 5.74) is 12.4. The van der Waals surface area contributed by atoms with Crippen LogP contribution >= 0.6 is 23.2 Å². The molecule has 1 heterocycles. The van der Waals surface area contributed by atoms with E-state index in [1.165, 1.54) is 4.90 Å². The standard InChI is InChI=1S/C10H11Cl2N3O/c11-5-1-7(12)10(14)8(2-5)15-4-6(13)3-9(15)16/h1-2,6H,3-4,13-14H2. The second kappa shape index (κ2) is 4.13. The largest absolute Gasteiger partial charge is 0.396 e. The lowest BCUT2D eigenvalue weighted by Gasteiger charge is -2.19. The molecule has 0 spiro atoms. The average molecular weight is 260 g/mol. The summed E-state index contributed by atoms with van der Waals surface area (Å²) in [6.45, 7) is 0.444. The van der Waals surface area contributed by atoms with Gasteiger partial charge in [-0.05, 0) is 12.1 Å². The molecular weight excluding hydrogens is 249 g/mol. The van der Waals surface area contributed by atoms with Crippen LogP contribution in [0.3, 0.4) is 0 Å². The van der Waals surface area contributed by atoms with Gasteiger partial charge in [0.1, 0.15) is 0 Å². The molecule has 1 fully saturated rings. The van der Waals surface area contributed by atoms with Crippen LogP contribution in [0.5, 0.6) is 0 Å². The summed E-state index contributed by atoms with van der Waals surface area (Å²) in [4.78, 5) is 13.2. The lowest BCUT2D eigenvalue weighted by Crippen LogP contribution is -2.28. The first-order valence-electron chi connectivity index (χ1n) is 4.79. The van der Waals surface area contributed by atoms with Crippen LogP contribution in [0.4, 0.5) is 11.4 Å². The Morgan fingerprint density at radius 3 is 2.62 bits per heavy atom. The number of halogens is 2. The first-order valence-corrected chi connectivity index (χ1v) is 5.55. The lowest BCUT2D eigenvalue weighted by atomic mass is 10.2. The van der Waals surface area contributed by atoms with Crippen molar-refractivity contribution in [1.29, 1.82) is 0 Å². The average Bonchev–Trinajstić information content (AvgIpc) is 2.51. The Morgan fingerprint density at radius 1 is 1.38 bits per heavy atom. The molecule has 0 aromatic heterocycles. The summed E-state index contributed by atoms with van der Waals surface area (Å²) in [7, 11) is 0. The van der Waals surface area contributed by atoms with Gasteiger partial charge in [0, 0.05) is 24.0 Å². The molecular formula is C10H11Cl2N3O. The molecule has 1 atom stereocenters. The molecule has 16 heavy (non-hydrogen) atoms. The molecule has 1 aliphatic heterocycles. The predicted octanol–water partition coefficient (Wildman–Crippen LogP) is 1.64. The van der Waals surface area contributed by atoms with E-state index in [1.807, 2.05) is 0 Å². The van der Waals surface area contributed by atoms with E-state index in [1.54, 1.807) is 12.1 Å². The van der Waals surface area contributed by atoms with Gasteiger partial charge in [0.2, 0.25) is 5.91 Å². The van der Waals surface area contributed by atoms with Crippen molar-refractivity contribution in [2.75, 3.05) is 17.2 Å². The fraction of sp³-hybridized carbons (Fsp3) is 0.300. The molecule has 0 saturated carbocycles. The van der Waals surface area contributed by atoms with Crippen molar-refractivity contribution in [2.45, 2.75) is 12.5 Å². The Morgan fingerprint density at radius 2 is 2.06 bits per heavy atom. The van der Waals surface area contributed by atoms with E-state index in [-0.39, 0.29) is 11.9 Å². The highest BCUT2D eigenvalue weighted by Gasteiger charge is 2.29. The van der Waals surface area contributed by atoms with E-state index in [4.69, 9.17) is 34.7 Å². The summed E-state index contributed by atoms with van der Waals surface area (Å²) in [6, 6.07) is 3.01. The monoisotopic (exact) mass is 259 g/mol. The molecule has 2 rings (SSSR count). The number of rotatable bonds is 1. The van der Waals surface area contributed by atoms with Crippen LogP contribution in [0.2, 0.25) is 10.0 Å². The molecule has 0 radical (unpaired) electrons. The minimum atomic E-state index is -0.162. The van der Waals surface area contributed by atoms with Gasteiger partial charge in [-0.25, -0.2) is 0 Å². The molecule has 86 valence electrons. The predicted molar refractivity (Wildman–Crippen MR) is 65.8 cm³/mol. The van der Waals surface area contributed by atoms with Crippen LogP contribution < -0.4 is 16.4 Å². The quantitative estimate of drug-likeness (QED) is 0.754. The molecule has 1 saturated heterocycles. The smallest absolute Gasteiger partial charge is 0.228 e. The second-order valence-electron chi connectivity index (χ2n) is 3.79. The van der Waals surface area contributed by atoms with Crippen molar-refractivity contribution in [1.82, 2.24) is 0 Å². The van der Waals surface area contributed by atoms with Crippen molar-refractivity contribution in [3.63, 3.8) is 0 Å². The number of hydrogen-bond acceptors (Lipinski definition) is 3. The maximum Gasteiger partial charge on any atom is 0.228 e. The van der Waals surface area contributed by atoms with Gasteiger partial charge in [0.25, 0.3) is 0 Å². The van der Waals surface area contributed by atoms with Crippen molar-refractivity contribution >= 4 is 40.5 Å². The zero-order chi connectivity index (χ0) is 11.9. The van der Waals surface area contributed by atoms with E-state index in [9.17, 15) is 4.79 Å². The molecule has 1 aliphatic rings. The van der Waals surface area contributed by atoms with Gasteiger partial charge in [-0.1, -0.05) is 23.2 Å². The summed E-state index contributed by atoms with van der Waals surface area (Å²) in [6.07, 6.45) is 0.323. The number of nitrogens with zero attached hydrogens (tertiary/aromatic N) is 1. The molecule has 4 N–H and O–H groups in total. The van der Waals surface area contributed by atoms with Gasteiger partial charge < -0.3 is 16.4 Å². The number of carbonyl (C=O) groups excluding carboxylic acids is 1.